The van der Waals surface area contributed by atoms with Gasteiger partial charge in [-0.1, -0.05) is 35.3 Å². The van der Waals surface area contributed by atoms with Crippen LogP contribution in [-0.2, 0) is 9.59 Å². The molecule has 2 rings (SSSR count). The van der Waals surface area contributed by atoms with Gasteiger partial charge in [0.1, 0.15) is 5.75 Å². The first-order valence-corrected chi connectivity index (χ1v) is 8.00. The van der Waals surface area contributed by atoms with Crippen LogP contribution in [0.2, 0.25) is 10.0 Å². The molecule has 130 valence electrons. The number of carboxylic acids is 1. The molecule has 0 fully saturated rings. The van der Waals surface area contributed by atoms with Gasteiger partial charge in [-0.05, 0) is 48.4 Å². The number of benzene rings is 2. The number of nitrogens with one attached hydrogen (secondary N) is 1. The summed E-state index contributed by atoms with van der Waals surface area (Å²) in [6.07, 6.45) is 2.46. The maximum Gasteiger partial charge on any atom is 0.328 e. The van der Waals surface area contributed by atoms with Gasteiger partial charge >= 0.3 is 5.97 Å². The van der Waals surface area contributed by atoms with Crippen molar-refractivity contribution in [1.82, 2.24) is 0 Å². The third-order valence-corrected chi connectivity index (χ3v) is 4.00. The molecule has 0 saturated heterocycles. The highest BCUT2D eigenvalue weighted by atomic mass is 35.5. The van der Waals surface area contributed by atoms with E-state index in [0.29, 0.717) is 27.0 Å². The van der Waals surface area contributed by atoms with Crippen LogP contribution in [0.4, 0.5) is 5.69 Å². The zero-order valence-electron chi connectivity index (χ0n) is 13.3. The minimum atomic E-state index is -1.04. The number of hydrogen-bond acceptors (Lipinski definition) is 3. The fraction of sp³-hybridized carbons (Fsp3) is 0.111. The second kappa shape index (κ2) is 8.55. The fourth-order valence-corrected chi connectivity index (χ4v) is 2.41. The maximum atomic E-state index is 12.0. The van der Waals surface area contributed by atoms with Gasteiger partial charge in [0, 0.05) is 21.8 Å². The molecule has 7 heteroatoms. The van der Waals surface area contributed by atoms with Gasteiger partial charge < -0.3 is 15.2 Å². The summed E-state index contributed by atoms with van der Waals surface area (Å²) in [5.41, 5.74) is 1.92. The number of carbonyl (C=O) groups is 2. The van der Waals surface area contributed by atoms with E-state index in [1.807, 2.05) is 0 Å². The number of rotatable bonds is 6. The number of ether oxygens (including phenoxy) is 1. The van der Waals surface area contributed by atoms with Crippen molar-refractivity contribution in [1.29, 1.82) is 0 Å². The summed E-state index contributed by atoms with van der Waals surface area (Å²) in [7, 11) is 0. The van der Waals surface area contributed by atoms with Crippen LogP contribution in [0.1, 0.15) is 11.1 Å². The SMILES string of the molecule is Cc1c(Cl)cc(OCC(=O)Nc2cccc(/C=C/C(=O)O)c2)cc1Cl. The largest absolute Gasteiger partial charge is 0.484 e. The molecule has 0 aliphatic carbocycles. The van der Waals surface area contributed by atoms with Crippen molar-refractivity contribution < 1.29 is 19.4 Å². The van der Waals surface area contributed by atoms with Gasteiger partial charge in [-0.25, -0.2) is 4.79 Å². The Bertz CT molecular complexity index is 811. The van der Waals surface area contributed by atoms with Crippen molar-refractivity contribution >= 4 is 46.8 Å². The van der Waals surface area contributed by atoms with E-state index < -0.39 is 5.97 Å². The molecule has 0 radical (unpaired) electrons. The second-order valence-corrected chi connectivity index (χ2v) is 5.96. The number of amides is 1. The Hall–Kier alpha value is -2.50. The molecule has 2 N–H and O–H groups in total. The minimum absolute atomic E-state index is 0.217. The Kier molecular flexibility index (Phi) is 6.44. The predicted octanol–water partition coefficient (Wildman–Crippen LogP) is 4.42. The molecule has 0 saturated carbocycles. The van der Waals surface area contributed by atoms with Crippen molar-refractivity contribution in [2.45, 2.75) is 6.92 Å². The molecule has 0 aliphatic rings. The average Bonchev–Trinajstić information content (AvgIpc) is 2.56. The summed E-state index contributed by atoms with van der Waals surface area (Å²) < 4.78 is 5.39. The van der Waals surface area contributed by atoms with Gasteiger partial charge in [0.15, 0.2) is 6.61 Å². The number of carbonyl (C=O) groups excluding carboxylic acids is 1. The lowest BCUT2D eigenvalue weighted by atomic mass is 10.2. The quantitative estimate of drug-likeness (QED) is 0.728. The van der Waals surface area contributed by atoms with Crippen LogP contribution in [-0.4, -0.2) is 23.6 Å². The lowest BCUT2D eigenvalue weighted by molar-refractivity contribution is -0.131. The first kappa shape index (κ1) is 18.8. The monoisotopic (exact) mass is 379 g/mol. The third kappa shape index (κ3) is 5.81. The van der Waals surface area contributed by atoms with E-state index in [2.05, 4.69) is 5.32 Å². The molecule has 0 unspecified atom stereocenters. The first-order chi connectivity index (χ1) is 11.8. The van der Waals surface area contributed by atoms with E-state index in [4.69, 9.17) is 33.0 Å². The summed E-state index contributed by atoms with van der Waals surface area (Å²) in [5, 5.41) is 12.2. The summed E-state index contributed by atoms with van der Waals surface area (Å²) in [6, 6.07) is 9.95. The van der Waals surface area contributed by atoms with Crippen molar-refractivity contribution in [2.75, 3.05) is 11.9 Å². The number of anilines is 1. The lowest BCUT2D eigenvalue weighted by Gasteiger charge is -2.10. The second-order valence-electron chi connectivity index (χ2n) is 5.15. The molecule has 0 spiro atoms. The Labute approximate surface area is 154 Å². The molecule has 0 aliphatic heterocycles. The van der Waals surface area contributed by atoms with Crippen LogP contribution in [0, 0.1) is 6.92 Å². The number of carboxylic acid groups (broad SMARTS) is 1. The summed E-state index contributed by atoms with van der Waals surface area (Å²) in [4.78, 5) is 22.5. The van der Waals surface area contributed by atoms with E-state index in [1.165, 1.54) is 6.08 Å². The average molecular weight is 380 g/mol. The van der Waals surface area contributed by atoms with Crippen LogP contribution in [0.15, 0.2) is 42.5 Å². The highest BCUT2D eigenvalue weighted by Gasteiger charge is 2.08. The van der Waals surface area contributed by atoms with Gasteiger partial charge in [0.05, 0.1) is 0 Å². The molecule has 2 aromatic rings. The predicted molar refractivity (Wildman–Crippen MR) is 98.4 cm³/mol. The van der Waals surface area contributed by atoms with Crippen LogP contribution in [0.3, 0.4) is 0 Å². The third-order valence-electron chi connectivity index (χ3n) is 3.21. The van der Waals surface area contributed by atoms with Crippen LogP contribution in [0.5, 0.6) is 5.75 Å². The van der Waals surface area contributed by atoms with Crippen LogP contribution < -0.4 is 10.1 Å². The Morgan fingerprint density at radius 1 is 1.20 bits per heavy atom. The number of halogens is 2. The Morgan fingerprint density at radius 3 is 2.52 bits per heavy atom. The van der Waals surface area contributed by atoms with E-state index in [-0.39, 0.29) is 12.5 Å². The van der Waals surface area contributed by atoms with Gasteiger partial charge in [0.2, 0.25) is 0 Å². The fourth-order valence-electron chi connectivity index (χ4n) is 1.94. The molecule has 0 atom stereocenters. The Morgan fingerprint density at radius 2 is 1.88 bits per heavy atom. The summed E-state index contributed by atoms with van der Waals surface area (Å²) in [5.74, 6) is -1.01. The van der Waals surface area contributed by atoms with E-state index in [0.717, 1.165) is 11.6 Å². The lowest BCUT2D eigenvalue weighted by Crippen LogP contribution is -2.20. The molecule has 25 heavy (non-hydrogen) atoms. The van der Waals surface area contributed by atoms with Crippen molar-refractivity contribution in [3.05, 3.63) is 63.6 Å². The Balaban J connectivity index is 1.96. The van der Waals surface area contributed by atoms with E-state index in [1.54, 1.807) is 43.3 Å². The highest BCUT2D eigenvalue weighted by Crippen LogP contribution is 2.29. The van der Waals surface area contributed by atoms with E-state index in [9.17, 15) is 9.59 Å². The zero-order chi connectivity index (χ0) is 18.4. The highest BCUT2D eigenvalue weighted by molar-refractivity contribution is 6.36. The molecule has 0 heterocycles. The zero-order valence-corrected chi connectivity index (χ0v) is 14.8. The van der Waals surface area contributed by atoms with Crippen molar-refractivity contribution in [3.63, 3.8) is 0 Å². The standard InChI is InChI=1S/C18H15Cl2NO4/c1-11-15(19)8-14(9-16(11)20)25-10-17(22)21-13-4-2-3-12(7-13)5-6-18(23)24/h2-9H,10H2,1H3,(H,21,22)(H,23,24)/b6-5+. The molecule has 5 nitrogen and oxygen atoms in total. The van der Waals surface area contributed by atoms with Crippen molar-refractivity contribution in [3.8, 4) is 5.75 Å². The molecule has 0 aromatic heterocycles. The molecule has 1 amide bonds. The molecule has 0 bridgehead atoms. The van der Waals surface area contributed by atoms with Gasteiger partial charge in [-0.3, -0.25) is 4.79 Å². The van der Waals surface area contributed by atoms with Gasteiger partial charge in [-0.2, -0.15) is 0 Å². The topological polar surface area (TPSA) is 75.6 Å². The van der Waals surface area contributed by atoms with Gasteiger partial charge in [-0.15, -0.1) is 0 Å². The molecule has 2 aromatic carbocycles. The summed E-state index contributed by atoms with van der Waals surface area (Å²) >= 11 is 12.0. The molecular weight excluding hydrogens is 365 g/mol. The van der Waals surface area contributed by atoms with Gasteiger partial charge in [0.25, 0.3) is 5.91 Å². The molecular formula is C18H15Cl2NO4. The number of hydrogen-bond donors (Lipinski definition) is 2. The number of aliphatic carboxylic acids is 1. The minimum Gasteiger partial charge on any atom is -0.484 e. The normalized spacial score (nSPS) is 10.7. The van der Waals surface area contributed by atoms with E-state index >= 15 is 0 Å². The smallest absolute Gasteiger partial charge is 0.328 e. The van der Waals surface area contributed by atoms with Crippen LogP contribution >= 0.6 is 23.2 Å². The first-order valence-electron chi connectivity index (χ1n) is 7.24. The summed E-state index contributed by atoms with van der Waals surface area (Å²) in [6.45, 7) is 1.57. The van der Waals surface area contributed by atoms with Crippen molar-refractivity contribution in [2.24, 2.45) is 0 Å². The van der Waals surface area contributed by atoms with Crippen LogP contribution in [0.25, 0.3) is 6.08 Å². The maximum absolute atomic E-state index is 12.0.